The summed E-state index contributed by atoms with van der Waals surface area (Å²) in [5, 5.41) is 0.474. The Balaban J connectivity index is 1.96. The van der Waals surface area contributed by atoms with Crippen LogP contribution in [0.2, 0.25) is 0 Å². The number of hydrogen-bond donors (Lipinski definition) is 0. The molecule has 37 heavy (non-hydrogen) atoms. The Morgan fingerprint density at radius 2 is 1.57 bits per heavy atom. The van der Waals surface area contributed by atoms with Crippen molar-refractivity contribution in [2.75, 3.05) is 4.90 Å². The van der Waals surface area contributed by atoms with Crippen molar-refractivity contribution in [3.8, 4) is 10.9 Å². The fraction of sp³-hybridized carbons (Fsp3) is 0.423. The predicted molar refractivity (Wildman–Crippen MR) is 138 cm³/mol. The lowest BCUT2D eigenvalue weighted by molar-refractivity contribution is 0.0427. The summed E-state index contributed by atoms with van der Waals surface area (Å²) in [6.07, 6.45) is 4.10. The maximum Gasteiger partial charge on any atom is 0.425 e. The summed E-state index contributed by atoms with van der Waals surface area (Å²) < 4.78 is 32.3. The van der Waals surface area contributed by atoms with E-state index in [4.69, 9.17) is 14.2 Å². The van der Waals surface area contributed by atoms with E-state index in [9.17, 15) is 9.59 Å². The summed E-state index contributed by atoms with van der Waals surface area (Å²) in [7, 11) is 0. The number of nitrogens with zero attached hydrogens (tertiary/aromatic N) is 4. The molecule has 0 aromatic carbocycles. The quantitative estimate of drug-likeness (QED) is 0.357. The number of thiazole rings is 1. The number of aryl methyl sites for hydroxylation is 1. The number of pyridine rings is 2. The Bertz CT molecular complexity index is 1270. The number of halogens is 1. The van der Waals surface area contributed by atoms with E-state index >= 15 is 4.39 Å². The standard InChI is InChI=1S/C26H31FN4O5S/c1-15-12-30-22(37-15)34-19-14-28-13-18(16(19)2)11-17-9-10-29-21(20(17)27)31(23(32)35-25(3,4)5)24(33)36-26(6,7)8/h9-10,12-14H,11H2,1-8H3. The lowest BCUT2D eigenvalue weighted by atomic mass is 10.0. The summed E-state index contributed by atoms with van der Waals surface area (Å²) in [6, 6.07) is 1.47. The number of imide groups is 1. The largest absolute Gasteiger partial charge is 0.443 e. The maximum absolute atomic E-state index is 15.8. The molecule has 0 aliphatic carbocycles. The number of aromatic nitrogens is 3. The van der Waals surface area contributed by atoms with E-state index in [1.807, 2.05) is 13.8 Å². The number of amides is 2. The van der Waals surface area contributed by atoms with Gasteiger partial charge >= 0.3 is 12.2 Å². The number of ether oxygens (including phenoxy) is 3. The Morgan fingerprint density at radius 3 is 2.11 bits per heavy atom. The van der Waals surface area contributed by atoms with E-state index in [1.54, 1.807) is 60.1 Å². The van der Waals surface area contributed by atoms with Crippen molar-refractivity contribution < 1.29 is 28.2 Å². The van der Waals surface area contributed by atoms with E-state index in [0.29, 0.717) is 21.4 Å². The zero-order chi connectivity index (χ0) is 27.5. The van der Waals surface area contributed by atoms with Gasteiger partial charge in [0.05, 0.1) is 6.20 Å². The topological polar surface area (TPSA) is 104 Å². The molecule has 11 heteroatoms. The first-order valence-corrected chi connectivity index (χ1v) is 12.4. The van der Waals surface area contributed by atoms with Gasteiger partial charge in [-0.1, -0.05) is 11.3 Å². The van der Waals surface area contributed by atoms with Crippen LogP contribution in [0.3, 0.4) is 0 Å². The summed E-state index contributed by atoms with van der Waals surface area (Å²) in [5.74, 6) is -0.886. The maximum atomic E-state index is 15.8. The van der Waals surface area contributed by atoms with Crippen LogP contribution in [0, 0.1) is 19.7 Å². The molecule has 0 aliphatic rings. The van der Waals surface area contributed by atoms with Gasteiger partial charge in [-0.25, -0.2) is 23.9 Å². The van der Waals surface area contributed by atoms with Crippen LogP contribution in [0.5, 0.6) is 10.9 Å². The molecule has 0 radical (unpaired) electrons. The van der Waals surface area contributed by atoms with Crippen LogP contribution in [0.4, 0.5) is 19.8 Å². The Labute approximate surface area is 219 Å². The number of carbonyl (C=O) groups is 2. The van der Waals surface area contributed by atoms with Gasteiger partial charge in [0.15, 0.2) is 17.4 Å². The van der Waals surface area contributed by atoms with Crippen molar-refractivity contribution in [1.29, 1.82) is 0 Å². The smallest absolute Gasteiger partial charge is 0.425 e. The molecule has 0 atom stereocenters. The fourth-order valence-corrected chi connectivity index (χ4v) is 3.75. The third kappa shape index (κ3) is 7.45. The van der Waals surface area contributed by atoms with Gasteiger partial charge in [-0.2, -0.15) is 4.90 Å². The SMILES string of the molecule is Cc1cnc(Oc2cncc(Cc3ccnc(N(C(=O)OC(C)(C)C)C(=O)OC(C)(C)C)c3F)c2C)s1. The third-order valence-electron chi connectivity index (χ3n) is 4.77. The molecule has 0 N–H and O–H groups in total. The molecule has 3 aromatic rings. The average molecular weight is 531 g/mol. The lowest BCUT2D eigenvalue weighted by Crippen LogP contribution is -2.44. The van der Waals surface area contributed by atoms with E-state index in [1.165, 1.54) is 23.6 Å². The van der Waals surface area contributed by atoms with Gasteiger partial charge in [0.25, 0.3) is 5.19 Å². The molecule has 9 nitrogen and oxygen atoms in total. The van der Waals surface area contributed by atoms with Crippen molar-refractivity contribution in [3.05, 3.63) is 58.2 Å². The zero-order valence-corrected chi connectivity index (χ0v) is 23.0. The summed E-state index contributed by atoms with van der Waals surface area (Å²) in [5.41, 5.74) is -0.260. The first kappa shape index (κ1) is 28.0. The molecule has 3 heterocycles. The highest BCUT2D eigenvalue weighted by Gasteiger charge is 2.36. The minimum atomic E-state index is -1.10. The molecule has 0 saturated heterocycles. The van der Waals surface area contributed by atoms with Crippen molar-refractivity contribution >= 4 is 29.3 Å². The van der Waals surface area contributed by atoms with Crippen LogP contribution in [-0.4, -0.2) is 38.3 Å². The molecule has 0 bridgehead atoms. The highest BCUT2D eigenvalue weighted by molar-refractivity contribution is 7.13. The van der Waals surface area contributed by atoms with Crippen LogP contribution in [0.1, 0.15) is 63.1 Å². The summed E-state index contributed by atoms with van der Waals surface area (Å²) in [6.45, 7) is 13.6. The highest BCUT2D eigenvalue weighted by Crippen LogP contribution is 2.31. The van der Waals surface area contributed by atoms with Gasteiger partial charge in [0.1, 0.15) is 11.2 Å². The molecule has 0 unspecified atom stereocenters. The van der Waals surface area contributed by atoms with Gasteiger partial charge in [-0.15, -0.1) is 0 Å². The second-order valence-corrected chi connectivity index (χ2v) is 11.5. The van der Waals surface area contributed by atoms with E-state index < -0.39 is 35.0 Å². The second-order valence-electron chi connectivity index (χ2n) is 10.3. The van der Waals surface area contributed by atoms with Gasteiger partial charge in [-0.05, 0) is 78.1 Å². The van der Waals surface area contributed by atoms with Gasteiger partial charge < -0.3 is 14.2 Å². The number of carbonyl (C=O) groups excluding carboxylic acids is 2. The molecule has 198 valence electrons. The molecule has 3 rings (SSSR count). The van der Waals surface area contributed by atoms with Crippen LogP contribution in [0.25, 0.3) is 0 Å². The van der Waals surface area contributed by atoms with Crippen LogP contribution >= 0.6 is 11.3 Å². The van der Waals surface area contributed by atoms with Gasteiger partial charge in [0.2, 0.25) is 0 Å². The molecule has 3 aromatic heterocycles. The molecular formula is C26H31FN4O5S. The van der Waals surface area contributed by atoms with Crippen molar-refractivity contribution in [2.24, 2.45) is 0 Å². The Kier molecular flexibility index (Phi) is 8.16. The first-order chi connectivity index (χ1) is 17.1. The molecule has 0 fully saturated rings. The average Bonchev–Trinajstić information content (AvgIpc) is 3.15. The van der Waals surface area contributed by atoms with E-state index in [-0.39, 0.29) is 12.0 Å². The lowest BCUT2D eigenvalue weighted by Gasteiger charge is -2.28. The normalized spacial score (nSPS) is 11.7. The van der Waals surface area contributed by atoms with Crippen molar-refractivity contribution in [3.63, 3.8) is 0 Å². The zero-order valence-electron chi connectivity index (χ0n) is 22.2. The second kappa shape index (κ2) is 10.8. The first-order valence-electron chi connectivity index (χ1n) is 11.6. The Morgan fingerprint density at radius 1 is 0.946 bits per heavy atom. The van der Waals surface area contributed by atoms with Crippen LogP contribution in [-0.2, 0) is 15.9 Å². The summed E-state index contributed by atoms with van der Waals surface area (Å²) >= 11 is 1.40. The molecule has 0 spiro atoms. The minimum Gasteiger partial charge on any atom is -0.443 e. The van der Waals surface area contributed by atoms with Crippen LogP contribution in [0.15, 0.2) is 30.9 Å². The fourth-order valence-electron chi connectivity index (χ4n) is 3.13. The summed E-state index contributed by atoms with van der Waals surface area (Å²) in [4.78, 5) is 39.8. The highest BCUT2D eigenvalue weighted by atomic mass is 32.1. The minimum absolute atomic E-state index is 0.102. The molecule has 0 saturated carbocycles. The van der Waals surface area contributed by atoms with E-state index in [2.05, 4.69) is 15.0 Å². The molecule has 2 amide bonds. The number of hydrogen-bond acceptors (Lipinski definition) is 9. The number of anilines is 1. The molecule has 0 aliphatic heterocycles. The van der Waals surface area contributed by atoms with Crippen molar-refractivity contribution in [1.82, 2.24) is 15.0 Å². The molecular weight excluding hydrogens is 499 g/mol. The predicted octanol–water partition coefficient (Wildman–Crippen LogP) is 6.75. The monoisotopic (exact) mass is 530 g/mol. The number of rotatable bonds is 5. The van der Waals surface area contributed by atoms with E-state index in [0.717, 1.165) is 10.4 Å². The Hall–Kier alpha value is -3.60. The third-order valence-corrected chi connectivity index (χ3v) is 5.56. The van der Waals surface area contributed by atoms with Gasteiger partial charge in [-0.3, -0.25) is 4.98 Å². The van der Waals surface area contributed by atoms with Crippen LogP contribution < -0.4 is 9.64 Å². The van der Waals surface area contributed by atoms with Gasteiger partial charge in [0, 0.05) is 29.9 Å². The van der Waals surface area contributed by atoms with Crippen molar-refractivity contribution in [2.45, 2.75) is 73.0 Å².